The Hall–Kier alpha value is -1.34. The van der Waals surface area contributed by atoms with Crippen LogP contribution in [0.15, 0.2) is 34.5 Å². The lowest BCUT2D eigenvalue weighted by Crippen LogP contribution is -2.26. The molecular formula is C11H10N4OS2. The Morgan fingerprint density at radius 2 is 2.44 bits per heavy atom. The molecule has 0 saturated carbocycles. The Bertz CT molecular complexity index is 529. The molecule has 0 unspecified atom stereocenters. The molecule has 0 radical (unpaired) electrons. The van der Waals surface area contributed by atoms with Crippen LogP contribution < -0.4 is 0 Å². The van der Waals surface area contributed by atoms with Gasteiger partial charge in [-0.05, 0) is 33.2 Å². The van der Waals surface area contributed by atoms with Crippen LogP contribution in [0.1, 0.15) is 5.56 Å². The fourth-order valence-corrected chi connectivity index (χ4v) is 3.98. The van der Waals surface area contributed by atoms with Crippen LogP contribution in [0.4, 0.5) is 0 Å². The van der Waals surface area contributed by atoms with Crippen LogP contribution in [0.2, 0.25) is 0 Å². The molecule has 7 heteroatoms. The van der Waals surface area contributed by atoms with Crippen molar-refractivity contribution in [2.45, 2.75) is 6.42 Å². The zero-order valence-electron chi connectivity index (χ0n) is 9.44. The predicted octanol–water partition coefficient (Wildman–Crippen LogP) is 1.57. The first-order valence-electron chi connectivity index (χ1n) is 5.50. The third-order valence-corrected chi connectivity index (χ3v) is 4.71. The lowest BCUT2D eigenvalue weighted by Gasteiger charge is -2.09. The standard InChI is InChI=1S/C11H10N4OS2/c16-9(6-8-2-1-3-12-7-8)14-11-15-5-4-13-10(15)17-18-11/h1-3,7H,4-6H2. The number of carbonyl (C=O) groups excluding carboxylic acids is 1. The van der Waals surface area contributed by atoms with E-state index in [1.807, 2.05) is 17.0 Å². The Kier molecular flexibility index (Phi) is 3.33. The molecule has 0 aromatic carbocycles. The summed E-state index contributed by atoms with van der Waals surface area (Å²) in [7, 11) is 3.07. The molecule has 18 heavy (non-hydrogen) atoms. The summed E-state index contributed by atoms with van der Waals surface area (Å²) in [5.74, 6) is -0.140. The maximum absolute atomic E-state index is 11.9. The minimum atomic E-state index is -0.140. The smallest absolute Gasteiger partial charge is 0.252 e. The van der Waals surface area contributed by atoms with Crippen LogP contribution in [0.25, 0.3) is 0 Å². The van der Waals surface area contributed by atoms with Gasteiger partial charge in [0.1, 0.15) is 0 Å². The third-order valence-electron chi connectivity index (χ3n) is 2.52. The summed E-state index contributed by atoms with van der Waals surface area (Å²) in [6, 6.07) is 3.70. The van der Waals surface area contributed by atoms with Crippen molar-refractivity contribution in [3.63, 3.8) is 0 Å². The van der Waals surface area contributed by atoms with Crippen molar-refractivity contribution in [2.24, 2.45) is 9.98 Å². The summed E-state index contributed by atoms with van der Waals surface area (Å²) in [5, 5.41) is 1.72. The van der Waals surface area contributed by atoms with Gasteiger partial charge >= 0.3 is 0 Å². The van der Waals surface area contributed by atoms with Crippen molar-refractivity contribution in [1.29, 1.82) is 0 Å². The number of hydrogen-bond acceptors (Lipinski definition) is 5. The van der Waals surface area contributed by atoms with E-state index < -0.39 is 0 Å². The quantitative estimate of drug-likeness (QED) is 0.769. The van der Waals surface area contributed by atoms with E-state index in [-0.39, 0.29) is 5.91 Å². The lowest BCUT2D eigenvalue weighted by atomic mass is 10.2. The number of amidine groups is 2. The van der Waals surface area contributed by atoms with Gasteiger partial charge in [0, 0.05) is 18.9 Å². The van der Waals surface area contributed by atoms with Gasteiger partial charge in [0.15, 0.2) is 10.3 Å². The topological polar surface area (TPSA) is 57.9 Å². The molecule has 92 valence electrons. The molecule has 3 heterocycles. The molecule has 0 atom stereocenters. The van der Waals surface area contributed by atoms with Crippen molar-refractivity contribution in [3.05, 3.63) is 30.1 Å². The number of nitrogens with zero attached hydrogens (tertiary/aromatic N) is 4. The molecule has 1 amide bonds. The van der Waals surface area contributed by atoms with Gasteiger partial charge in [0.2, 0.25) is 0 Å². The van der Waals surface area contributed by atoms with Crippen molar-refractivity contribution < 1.29 is 4.79 Å². The summed E-state index contributed by atoms with van der Waals surface area (Å²) in [4.78, 5) is 26.3. The van der Waals surface area contributed by atoms with Crippen LogP contribution in [0, 0.1) is 0 Å². The SMILES string of the molecule is O=C(Cc1cccnc1)N=C1SSC2=NCCN21. The van der Waals surface area contributed by atoms with Gasteiger partial charge in [-0.1, -0.05) is 6.07 Å². The number of amides is 1. The molecule has 1 aromatic heterocycles. The molecule has 0 aliphatic carbocycles. The summed E-state index contributed by atoms with van der Waals surface area (Å²) in [5.41, 5.74) is 0.887. The van der Waals surface area contributed by atoms with Crippen LogP contribution in [-0.4, -0.2) is 39.2 Å². The van der Waals surface area contributed by atoms with Crippen LogP contribution in [0.3, 0.4) is 0 Å². The predicted molar refractivity (Wildman–Crippen MR) is 74.6 cm³/mol. The van der Waals surface area contributed by atoms with Crippen LogP contribution in [-0.2, 0) is 11.2 Å². The molecule has 0 spiro atoms. The van der Waals surface area contributed by atoms with Crippen molar-refractivity contribution in [1.82, 2.24) is 9.88 Å². The first kappa shape index (κ1) is 11.7. The number of aliphatic imine (C=N–C) groups is 2. The molecule has 0 N–H and O–H groups in total. The molecule has 5 nitrogen and oxygen atoms in total. The summed E-state index contributed by atoms with van der Waals surface area (Å²) < 4.78 is 0. The lowest BCUT2D eigenvalue weighted by molar-refractivity contribution is -0.117. The minimum absolute atomic E-state index is 0.140. The maximum atomic E-state index is 11.9. The first-order chi connectivity index (χ1) is 8.83. The number of rotatable bonds is 2. The van der Waals surface area contributed by atoms with Gasteiger partial charge in [0.05, 0.1) is 13.0 Å². The van der Waals surface area contributed by atoms with E-state index in [9.17, 15) is 4.79 Å². The van der Waals surface area contributed by atoms with E-state index >= 15 is 0 Å². The van der Waals surface area contributed by atoms with E-state index in [4.69, 9.17) is 0 Å². The van der Waals surface area contributed by atoms with E-state index in [0.717, 1.165) is 29.0 Å². The first-order valence-corrected chi connectivity index (χ1v) is 7.65. The van der Waals surface area contributed by atoms with Gasteiger partial charge in [-0.3, -0.25) is 19.7 Å². The molecule has 0 bridgehead atoms. The average Bonchev–Trinajstić information content (AvgIpc) is 2.95. The molecule has 1 aromatic rings. The zero-order chi connectivity index (χ0) is 12.4. The average molecular weight is 278 g/mol. The number of aromatic nitrogens is 1. The number of carbonyl (C=O) groups is 1. The van der Waals surface area contributed by atoms with Gasteiger partial charge < -0.3 is 0 Å². The normalized spacial score (nSPS) is 20.1. The second-order valence-electron chi connectivity index (χ2n) is 3.81. The van der Waals surface area contributed by atoms with Crippen molar-refractivity contribution in [3.8, 4) is 0 Å². The highest BCUT2D eigenvalue weighted by Crippen LogP contribution is 2.38. The molecule has 3 rings (SSSR count). The Morgan fingerprint density at radius 1 is 1.50 bits per heavy atom. The second kappa shape index (κ2) is 5.11. The highest BCUT2D eigenvalue weighted by molar-refractivity contribution is 8.88. The van der Waals surface area contributed by atoms with Gasteiger partial charge in [-0.2, -0.15) is 4.99 Å². The number of pyridine rings is 1. The van der Waals surface area contributed by atoms with E-state index in [2.05, 4.69) is 15.0 Å². The summed E-state index contributed by atoms with van der Waals surface area (Å²) in [6.07, 6.45) is 3.68. The molecule has 2 aliphatic heterocycles. The summed E-state index contributed by atoms with van der Waals surface area (Å²) in [6.45, 7) is 1.62. The van der Waals surface area contributed by atoms with Crippen LogP contribution >= 0.6 is 21.6 Å². The van der Waals surface area contributed by atoms with Crippen LogP contribution in [0.5, 0.6) is 0 Å². The molecule has 1 fully saturated rings. The van der Waals surface area contributed by atoms with E-state index in [1.165, 1.54) is 10.8 Å². The zero-order valence-corrected chi connectivity index (χ0v) is 11.1. The second-order valence-corrected chi connectivity index (χ2v) is 5.87. The summed E-state index contributed by atoms with van der Waals surface area (Å²) >= 11 is 0. The highest BCUT2D eigenvalue weighted by atomic mass is 33.1. The van der Waals surface area contributed by atoms with Gasteiger partial charge in [-0.15, -0.1) is 0 Å². The number of fused-ring (bicyclic) bond motifs is 1. The monoisotopic (exact) mass is 278 g/mol. The number of hydrogen-bond donors (Lipinski definition) is 0. The van der Waals surface area contributed by atoms with Crippen molar-refractivity contribution >= 4 is 37.8 Å². The van der Waals surface area contributed by atoms with E-state index in [0.29, 0.717) is 6.42 Å². The highest BCUT2D eigenvalue weighted by Gasteiger charge is 2.31. The fraction of sp³-hybridized carbons (Fsp3) is 0.273. The fourth-order valence-electron chi connectivity index (χ4n) is 1.70. The Balaban J connectivity index is 1.69. The third kappa shape index (κ3) is 2.41. The largest absolute Gasteiger partial charge is 0.297 e. The van der Waals surface area contributed by atoms with Gasteiger partial charge in [0.25, 0.3) is 5.91 Å². The minimum Gasteiger partial charge on any atom is -0.297 e. The Labute approximate surface area is 112 Å². The molecule has 1 saturated heterocycles. The van der Waals surface area contributed by atoms with Gasteiger partial charge in [-0.25, -0.2) is 0 Å². The van der Waals surface area contributed by atoms with E-state index in [1.54, 1.807) is 23.2 Å². The van der Waals surface area contributed by atoms with Crippen molar-refractivity contribution in [2.75, 3.05) is 13.1 Å². The molecule has 2 aliphatic rings. The Morgan fingerprint density at radius 3 is 3.28 bits per heavy atom. The molecular weight excluding hydrogens is 268 g/mol. The maximum Gasteiger partial charge on any atom is 0.252 e.